The molecule has 1 aromatic carbocycles. The number of methoxy groups -OCH3 is 1. The maximum atomic E-state index is 12.8. The number of amides is 2. The minimum atomic E-state index is -0.142. The minimum Gasteiger partial charge on any atom is -0.479 e. The van der Waals surface area contributed by atoms with Crippen molar-refractivity contribution >= 4 is 17.7 Å². The summed E-state index contributed by atoms with van der Waals surface area (Å²) in [5.41, 5.74) is 0.824. The van der Waals surface area contributed by atoms with Gasteiger partial charge in [-0.05, 0) is 49.9 Å². The molecule has 0 unspecified atom stereocenters. The zero-order chi connectivity index (χ0) is 18.5. The third-order valence-electron chi connectivity index (χ3n) is 5.16. The number of ether oxygens (including phenoxy) is 2. The predicted octanol–water partition coefficient (Wildman–Crippen LogP) is 2.56. The van der Waals surface area contributed by atoms with Crippen LogP contribution in [0.3, 0.4) is 0 Å². The Morgan fingerprint density at radius 1 is 1.19 bits per heavy atom. The van der Waals surface area contributed by atoms with E-state index >= 15 is 0 Å². The number of urea groups is 1. The van der Waals surface area contributed by atoms with Gasteiger partial charge in [0.2, 0.25) is 0 Å². The summed E-state index contributed by atoms with van der Waals surface area (Å²) < 4.78 is 10.1. The molecule has 0 N–H and O–H groups in total. The first-order chi connectivity index (χ1) is 12.6. The Hall–Kier alpha value is -2.75. The van der Waals surface area contributed by atoms with Gasteiger partial charge < -0.3 is 14.4 Å². The zero-order valence-electron chi connectivity index (χ0n) is 14.9. The average Bonchev–Trinajstić information content (AvgIpc) is 3.07. The van der Waals surface area contributed by atoms with E-state index in [1.54, 1.807) is 17.0 Å². The van der Waals surface area contributed by atoms with Gasteiger partial charge in [0.15, 0.2) is 6.61 Å². The van der Waals surface area contributed by atoms with Crippen LogP contribution in [0.25, 0.3) is 0 Å². The molecule has 2 fully saturated rings. The molecule has 0 aromatic heterocycles. The zero-order valence-corrected chi connectivity index (χ0v) is 14.9. The lowest BCUT2D eigenvalue weighted by Crippen LogP contribution is -2.42. The first kappa shape index (κ1) is 18.1. The molecular formula is C19H23N3O4. The summed E-state index contributed by atoms with van der Waals surface area (Å²) in [6, 6.07) is 9.33. The highest BCUT2D eigenvalue weighted by atomic mass is 16.5. The Morgan fingerprint density at radius 2 is 1.88 bits per heavy atom. The topological polar surface area (TPSA) is 82.9 Å². The number of hydrogen-bond donors (Lipinski definition) is 0. The number of nitrogens with zero attached hydrogens (tertiary/aromatic N) is 3. The molecule has 138 valence electrons. The molecule has 1 saturated heterocycles. The maximum absolute atomic E-state index is 12.8. The van der Waals surface area contributed by atoms with Crippen LogP contribution in [-0.4, -0.2) is 49.7 Å². The lowest BCUT2D eigenvalue weighted by atomic mass is 9.85. The standard InChI is InChI=1S/C19H23N3O4/c1-25-18(23)14-2-4-15(5-3-14)21-11-12-22(19(21)24)16-6-8-17(9-7-16)26-13-10-20/h6-9,14-15H,2-5,11-13H2,1H3/t14-,15-. The third kappa shape index (κ3) is 3.74. The van der Waals surface area contributed by atoms with E-state index in [0.29, 0.717) is 18.8 Å². The second-order valence-corrected chi connectivity index (χ2v) is 6.60. The van der Waals surface area contributed by atoms with Crippen molar-refractivity contribution in [2.45, 2.75) is 31.7 Å². The molecule has 1 aliphatic carbocycles. The first-order valence-electron chi connectivity index (χ1n) is 8.90. The quantitative estimate of drug-likeness (QED) is 0.756. The second kappa shape index (κ2) is 8.09. The summed E-state index contributed by atoms with van der Waals surface area (Å²) in [6.07, 6.45) is 3.21. The average molecular weight is 357 g/mol. The lowest BCUT2D eigenvalue weighted by molar-refractivity contribution is -0.146. The number of esters is 1. The van der Waals surface area contributed by atoms with Crippen molar-refractivity contribution in [3.8, 4) is 11.8 Å². The van der Waals surface area contributed by atoms with Gasteiger partial charge in [0.05, 0.1) is 13.0 Å². The molecule has 0 bridgehead atoms. The smallest absolute Gasteiger partial charge is 0.324 e. The van der Waals surface area contributed by atoms with Crippen molar-refractivity contribution in [3.63, 3.8) is 0 Å². The van der Waals surface area contributed by atoms with Crippen molar-refractivity contribution < 1.29 is 19.1 Å². The highest BCUT2D eigenvalue weighted by molar-refractivity contribution is 5.94. The monoisotopic (exact) mass is 357 g/mol. The van der Waals surface area contributed by atoms with Gasteiger partial charge in [-0.1, -0.05) is 0 Å². The van der Waals surface area contributed by atoms with Crippen LogP contribution in [0.4, 0.5) is 10.5 Å². The number of carbonyl (C=O) groups excluding carboxylic acids is 2. The van der Waals surface area contributed by atoms with Gasteiger partial charge in [-0.25, -0.2) is 4.79 Å². The van der Waals surface area contributed by atoms with Crippen molar-refractivity contribution in [1.82, 2.24) is 4.90 Å². The fourth-order valence-corrected chi connectivity index (χ4v) is 3.76. The normalized spacial score (nSPS) is 22.8. The molecule has 3 rings (SSSR count). The van der Waals surface area contributed by atoms with Gasteiger partial charge in [0, 0.05) is 24.8 Å². The molecule has 7 heteroatoms. The predicted molar refractivity (Wildman–Crippen MR) is 94.8 cm³/mol. The number of hydrogen-bond acceptors (Lipinski definition) is 5. The summed E-state index contributed by atoms with van der Waals surface area (Å²) in [5.74, 6) is 0.433. The number of rotatable bonds is 5. The van der Waals surface area contributed by atoms with E-state index in [1.165, 1.54) is 7.11 Å². The molecule has 0 spiro atoms. The van der Waals surface area contributed by atoms with Crippen LogP contribution >= 0.6 is 0 Å². The first-order valence-corrected chi connectivity index (χ1v) is 8.90. The second-order valence-electron chi connectivity index (χ2n) is 6.60. The van der Waals surface area contributed by atoms with Gasteiger partial charge in [-0.3, -0.25) is 9.69 Å². The molecule has 1 saturated carbocycles. The number of nitriles is 1. The highest BCUT2D eigenvalue weighted by Gasteiger charge is 2.37. The fraction of sp³-hybridized carbons (Fsp3) is 0.526. The Morgan fingerprint density at radius 3 is 2.50 bits per heavy atom. The largest absolute Gasteiger partial charge is 0.479 e. The summed E-state index contributed by atoms with van der Waals surface area (Å²) in [5, 5.41) is 8.54. The maximum Gasteiger partial charge on any atom is 0.324 e. The Bertz CT molecular complexity index is 690. The number of benzene rings is 1. The Kier molecular flexibility index (Phi) is 5.61. The molecule has 0 radical (unpaired) electrons. The van der Waals surface area contributed by atoms with Crippen LogP contribution in [0.15, 0.2) is 24.3 Å². The van der Waals surface area contributed by atoms with Crippen molar-refractivity contribution in [1.29, 1.82) is 5.26 Å². The third-order valence-corrected chi connectivity index (χ3v) is 5.16. The molecule has 0 atom stereocenters. The van der Waals surface area contributed by atoms with Crippen molar-refractivity contribution in [3.05, 3.63) is 24.3 Å². The van der Waals surface area contributed by atoms with Crippen LogP contribution in [0, 0.1) is 17.2 Å². The van der Waals surface area contributed by atoms with Gasteiger partial charge in [-0.2, -0.15) is 5.26 Å². The molecule has 2 aliphatic rings. The van der Waals surface area contributed by atoms with E-state index < -0.39 is 0 Å². The van der Waals surface area contributed by atoms with Crippen molar-refractivity contribution in [2.75, 3.05) is 31.7 Å². The lowest BCUT2D eigenvalue weighted by Gasteiger charge is -2.33. The van der Waals surface area contributed by atoms with E-state index in [4.69, 9.17) is 14.7 Å². The van der Waals surface area contributed by atoms with Crippen LogP contribution in [-0.2, 0) is 9.53 Å². The Labute approximate surface area is 153 Å². The molecule has 1 heterocycles. The SMILES string of the molecule is COC(=O)[C@H]1CC[C@H](N2CCN(c3ccc(OCC#N)cc3)C2=O)CC1. The summed E-state index contributed by atoms with van der Waals surface area (Å²) in [6.45, 7) is 1.34. The number of carbonyl (C=O) groups is 2. The van der Waals surface area contributed by atoms with E-state index in [1.807, 2.05) is 23.1 Å². The van der Waals surface area contributed by atoms with Crippen molar-refractivity contribution in [2.24, 2.45) is 5.92 Å². The molecule has 2 amide bonds. The van der Waals surface area contributed by atoms with Crippen LogP contribution < -0.4 is 9.64 Å². The molecule has 1 aliphatic heterocycles. The van der Waals surface area contributed by atoms with Crippen LogP contribution in [0.1, 0.15) is 25.7 Å². The van der Waals surface area contributed by atoms with Gasteiger partial charge in [0.1, 0.15) is 11.8 Å². The Balaban J connectivity index is 1.58. The fourth-order valence-electron chi connectivity index (χ4n) is 3.76. The van der Waals surface area contributed by atoms with Gasteiger partial charge in [-0.15, -0.1) is 0 Å². The van der Waals surface area contributed by atoms with Crippen LogP contribution in [0.2, 0.25) is 0 Å². The molecule has 7 nitrogen and oxygen atoms in total. The van der Waals surface area contributed by atoms with E-state index in [2.05, 4.69) is 0 Å². The summed E-state index contributed by atoms with van der Waals surface area (Å²) >= 11 is 0. The number of anilines is 1. The van der Waals surface area contributed by atoms with Gasteiger partial charge in [0.25, 0.3) is 0 Å². The van der Waals surface area contributed by atoms with Crippen LogP contribution in [0.5, 0.6) is 5.75 Å². The summed E-state index contributed by atoms with van der Waals surface area (Å²) in [7, 11) is 1.42. The van der Waals surface area contributed by atoms with E-state index in [9.17, 15) is 9.59 Å². The molecule has 26 heavy (non-hydrogen) atoms. The molecular weight excluding hydrogens is 334 g/mol. The minimum absolute atomic E-state index is 0.00399. The van der Waals surface area contributed by atoms with E-state index in [-0.39, 0.29) is 30.6 Å². The van der Waals surface area contributed by atoms with E-state index in [0.717, 1.165) is 31.4 Å². The van der Waals surface area contributed by atoms with Gasteiger partial charge >= 0.3 is 12.0 Å². The molecule has 1 aromatic rings. The summed E-state index contributed by atoms with van der Waals surface area (Å²) in [4.78, 5) is 28.2. The highest BCUT2D eigenvalue weighted by Crippen LogP contribution is 2.32.